The van der Waals surface area contributed by atoms with Crippen LogP contribution < -0.4 is 5.32 Å². The summed E-state index contributed by atoms with van der Waals surface area (Å²) in [6, 6.07) is 8.27. The van der Waals surface area contributed by atoms with Crippen LogP contribution in [0.1, 0.15) is 9.88 Å². The Morgan fingerprint density at radius 2 is 2.11 bits per heavy atom. The fourth-order valence-corrected chi connectivity index (χ4v) is 3.40. The molecule has 0 atom stereocenters. The van der Waals surface area contributed by atoms with Gasteiger partial charge in [-0.15, -0.1) is 22.7 Å². The van der Waals surface area contributed by atoms with Gasteiger partial charge >= 0.3 is 0 Å². The van der Waals surface area contributed by atoms with E-state index in [0.717, 1.165) is 23.6 Å². The molecule has 1 aromatic carbocycles. The molecule has 0 aliphatic carbocycles. The van der Waals surface area contributed by atoms with E-state index < -0.39 is 0 Å². The fourth-order valence-electron chi connectivity index (χ4n) is 1.74. The van der Waals surface area contributed by atoms with Crippen molar-refractivity contribution in [3.8, 4) is 0 Å². The van der Waals surface area contributed by atoms with Crippen LogP contribution in [0.3, 0.4) is 0 Å². The maximum absolute atomic E-state index is 4.61. The van der Waals surface area contributed by atoms with Crippen LogP contribution in [0.2, 0.25) is 0 Å². The number of rotatable bonds is 4. The van der Waals surface area contributed by atoms with Gasteiger partial charge in [0.2, 0.25) is 0 Å². The third-order valence-corrected chi connectivity index (χ3v) is 4.54. The van der Waals surface area contributed by atoms with Gasteiger partial charge in [0.15, 0.2) is 5.13 Å². The van der Waals surface area contributed by atoms with E-state index >= 15 is 0 Å². The molecule has 0 aliphatic heterocycles. The summed E-state index contributed by atoms with van der Waals surface area (Å²) in [4.78, 5) is 10.1. The highest BCUT2D eigenvalue weighted by Crippen LogP contribution is 2.22. The summed E-state index contributed by atoms with van der Waals surface area (Å²) in [7, 11) is 0. The number of para-hydroxylation sites is 1. The molecule has 0 bridgehead atoms. The smallest absolute Gasteiger partial charge is 0.182 e. The van der Waals surface area contributed by atoms with Gasteiger partial charge in [0, 0.05) is 24.0 Å². The molecule has 3 rings (SSSR count). The quantitative estimate of drug-likeness (QED) is 0.788. The third kappa shape index (κ3) is 2.52. The summed E-state index contributed by atoms with van der Waals surface area (Å²) in [5.41, 5.74) is 1.10. The molecule has 0 fully saturated rings. The minimum Gasteiger partial charge on any atom is -0.361 e. The van der Waals surface area contributed by atoms with Crippen molar-refractivity contribution >= 4 is 38.0 Å². The molecule has 2 heterocycles. The van der Waals surface area contributed by atoms with E-state index in [1.54, 1.807) is 22.7 Å². The first kappa shape index (κ1) is 11.6. The predicted octanol–water partition coefficient (Wildman–Crippen LogP) is 3.72. The lowest BCUT2D eigenvalue weighted by molar-refractivity contribution is 1.00. The Bertz CT molecular complexity index is 624. The molecule has 2 aromatic heterocycles. The van der Waals surface area contributed by atoms with Crippen LogP contribution in [0.25, 0.3) is 10.2 Å². The minimum atomic E-state index is 0.882. The Hall–Kier alpha value is -1.46. The molecule has 3 nitrogen and oxygen atoms in total. The maximum Gasteiger partial charge on any atom is 0.182 e. The highest BCUT2D eigenvalue weighted by molar-refractivity contribution is 7.18. The number of aromatic nitrogens is 2. The van der Waals surface area contributed by atoms with Gasteiger partial charge in [-0.3, -0.25) is 0 Å². The standard InChI is InChI=1S/C13H13N3S2/c1-9-8-15-13(17-9)14-7-6-12-16-10-4-2-3-5-11(10)18-12/h2-5,8H,6-7H2,1H3,(H,14,15). The van der Waals surface area contributed by atoms with E-state index in [-0.39, 0.29) is 0 Å². The van der Waals surface area contributed by atoms with Crippen LogP contribution in [-0.4, -0.2) is 16.5 Å². The van der Waals surface area contributed by atoms with Gasteiger partial charge in [0.1, 0.15) is 0 Å². The minimum absolute atomic E-state index is 0.882. The van der Waals surface area contributed by atoms with E-state index in [2.05, 4.69) is 40.4 Å². The lowest BCUT2D eigenvalue weighted by Crippen LogP contribution is -2.03. The van der Waals surface area contributed by atoms with Crippen LogP contribution in [0.5, 0.6) is 0 Å². The molecule has 18 heavy (non-hydrogen) atoms. The van der Waals surface area contributed by atoms with Gasteiger partial charge in [-0.25, -0.2) is 9.97 Å². The number of nitrogens with one attached hydrogen (secondary N) is 1. The topological polar surface area (TPSA) is 37.8 Å². The van der Waals surface area contributed by atoms with Crippen molar-refractivity contribution in [2.24, 2.45) is 0 Å². The number of thiazole rings is 2. The molecule has 0 unspecified atom stereocenters. The predicted molar refractivity (Wildman–Crippen MR) is 78.7 cm³/mol. The summed E-state index contributed by atoms with van der Waals surface area (Å²) >= 11 is 3.46. The maximum atomic E-state index is 4.61. The Kier molecular flexibility index (Phi) is 3.25. The molecule has 0 amide bonds. The van der Waals surface area contributed by atoms with Crippen molar-refractivity contribution in [2.45, 2.75) is 13.3 Å². The molecule has 0 saturated heterocycles. The summed E-state index contributed by atoms with van der Waals surface area (Å²) < 4.78 is 1.26. The van der Waals surface area contributed by atoms with Crippen LogP contribution in [-0.2, 0) is 6.42 Å². The molecule has 3 aromatic rings. The number of aryl methyl sites for hydroxylation is 1. The summed E-state index contributed by atoms with van der Waals surface area (Å²) in [5.74, 6) is 0. The zero-order valence-corrected chi connectivity index (χ0v) is 11.6. The monoisotopic (exact) mass is 275 g/mol. The van der Waals surface area contributed by atoms with Crippen molar-refractivity contribution in [3.63, 3.8) is 0 Å². The van der Waals surface area contributed by atoms with E-state index in [1.165, 1.54) is 14.6 Å². The van der Waals surface area contributed by atoms with Crippen LogP contribution in [0.4, 0.5) is 5.13 Å². The lowest BCUT2D eigenvalue weighted by Gasteiger charge is -1.98. The van der Waals surface area contributed by atoms with E-state index in [4.69, 9.17) is 0 Å². The SMILES string of the molecule is Cc1cnc(NCCc2nc3ccccc3s2)s1. The van der Waals surface area contributed by atoms with Gasteiger partial charge in [-0.1, -0.05) is 12.1 Å². The first-order valence-corrected chi connectivity index (χ1v) is 7.45. The average Bonchev–Trinajstić information content (AvgIpc) is 2.95. The van der Waals surface area contributed by atoms with Gasteiger partial charge in [-0.2, -0.15) is 0 Å². The molecule has 0 radical (unpaired) electrons. The number of fused-ring (bicyclic) bond motifs is 1. The number of nitrogens with zero attached hydrogens (tertiary/aromatic N) is 2. The summed E-state index contributed by atoms with van der Waals surface area (Å²) in [6.45, 7) is 2.95. The molecule has 1 N–H and O–H groups in total. The zero-order chi connectivity index (χ0) is 12.4. The summed E-state index contributed by atoms with van der Waals surface area (Å²) in [6.07, 6.45) is 2.84. The van der Waals surface area contributed by atoms with Gasteiger partial charge in [-0.05, 0) is 19.1 Å². The Balaban J connectivity index is 1.62. The molecule has 0 spiro atoms. The van der Waals surface area contributed by atoms with Crippen molar-refractivity contribution in [1.29, 1.82) is 0 Å². The van der Waals surface area contributed by atoms with Crippen molar-refractivity contribution in [2.75, 3.05) is 11.9 Å². The highest BCUT2D eigenvalue weighted by atomic mass is 32.1. The molecule has 0 saturated carbocycles. The van der Waals surface area contributed by atoms with Crippen molar-refractivity contribution in [3.05, 3.63) is 40.3 Å². The third-order valence-electron chi connectivity index (χ3n) is 2.57. The first-order valence-electron chi connectivity index (χ1n) is 5.82. The van der Waals surface area contributed by atoms with Crippen LogP contribution in [0, 0.1) is 6.92 Å². The first-order chi connectivity index (χ1) is 8.81. The van der Waals surface area contributed by atoms with Crippen molar-refractivity contribution < 1.29 is 0 Å². The summed E-state index contributed by atoms with van der Waals surface area (Å²) in [5, 5.41) is 5.50. The Morgan fingerprint density at radius 1 is 1.22 bits per heavy atom. The highest BCUT2D eigenvalue weighted by Gasteiger charge is 2.03. The van der Waals surface area contributed by atoms with Crippen LogP contribution >= 0.6 is 22.7 Å². The molecule has 92 valence electrons. The Morgan fingerprint density at radius 3 is 2.89 bits per heavy atom. The van der Waals surface area contributed by atoms with Gasteiger partial charge < -0.3 is 5.32 Å². The number of benzene rings is 1. The normalized spacial score (nSPS) is 10.9. The fraction of sp³-hybridized carbons (Fsp3) is 0.231. The molecule has 5 heteroatoms. The van der Waals surface area contributed by atoms with Crippen LogP contribution in [0.15, 0.2) is 30.5 Å². The molecule has 0 aliphatic rings. The van der Waals surface area contributed by atoms with Gasteiger partial charge in [0.25, 0.3) is 0 Å². The molecular weight excluding hydrogens is 262 g/mol. The number of hydrogen-bond acceptors (Lipinski definition) is 5. The van der Waals surface area contributed by atoms with Gasteiger partial charge in [0.05, 0.1) is 15.2 Å². The van der Waals surface area contributed by atoms with E-state index in [1.807, 2.05) is 12.3 Å². The number of anilines is 1. The molecular formula is C13H13N3S2. The second-order valence-corrected chi connectivity index (χ2v) is 6.38. The van der Waals surface area contributed by atoms with E-state index in [9.17, 15) is 0 Å². The Labute approximate surface area is 114 Å². The lowest BCUT2D eigenvalue weighted by atomic mass is 10.3. The largest absolute Gasteiger partial charge is 0.361 e. The second-order valence-electron chi connectivity index (χ2n) is 4.03. The second kappa shape index (κ2) is 5.04. The van der Waals surface area contributed by atoms with Crippen molar-refractivity contribution in [1.82, 2.24) is 9.97 Å². The zero-order valence-electron chi connectivity index (χ0n) is 10.0. The van der Waals surface area contributed by atoms with E-state index in [0.29, 0.717) is 0 Å². The number of hydrogen-bond donors (Lipinski definition) is 1. The average molecular weight is 275 g/mol.